The molecule has 2 rings (SSSR count). The van der Waals surface area contributed by atoms with Crippen molar-refractivity contribution in [2.24, 2.45) is 0 Å². The van der Waals surface area contributed by atoms with E-state index in [0.29, 0.717) is 0 Å². The molecule has 0 aliphatic heterocycles. The van der Waals surface area contributed by atoms with Gasteiger partial charge in [0.25, 0.3) is 0 Å². The van der Waals surface area contributed by atoms with E-state index in [0.717, 1.165) is 22.3 Å². The maximum absolute atomic E-state index is 5.93. The molecular formula is C12H14N2. The molecule has 0 aliphatic carbocycles. The summed E-state index contributed by atoms with van der Waals surface area (Å²) in [5.41, 5.74) is 11.1. The van der Waals surface area contributed by atoms with Gasteiger partial charge in [-0.05, 0) is 50.1 Å². The van der Waals surface area contributed by atoms with Gasteiger partial charge in [0.15, 0.2) is 0 Å². The molecule has 72 valence electrons. The van der Waals surface area contributed by atoms with Gasteiger partial charge in [-0.3, -0.25) is 4.98 Å². The highest BCUT2D eigenvalue weighted by Gasteiger charge is 2.04. The van der Waals surface area contributed by atoms with Crippen LogP contribution in [0.1, 0.15) is 16.8 Å². The summed E-state index contributed by atoms with van der Waals surface area (Å²) < 4.78 is 0. The molecule has 2 N–H and O–H groups in total. The van der Waals surface area contributed by atoms with Gasteiger partial charge in [-0.15, -0.1) is 0 Å². The second-order valence-corrected chi connectivity index (χ2v) is 3.83. The second kappa shape index (κ2) is 2.98. The van der Waals surface area contributed by atoms with Crippen molar-refractivity contribution in [3.8, 4) is 0 Å². The lowest BCUT2D eigenvalue weighted by Gasteiger charge is -2.07. The summed E-state index contributed by atoms with van der Waals surface area (Å²) in [6.45, 7) is 6.14. The molecular weight excluding hydrogens is 172 g/mol. The molecule has 0 saturated carbocycles. The van der Waals surface area contributed by atoms with E-state index in [1.54, 1.807) is 0 Å². The van der Waals surface area contributed by atoms with E-state index in [2.05, 4.69) is 31.0 Å². The van der Waals surface area contributed by atoms with E-state index in [9.17, 15) is 0 Å². The Bertz CT molecular complexity index is 454. The van der Waals surface area contributed by atoms with Crippen molar-refractivity contribution in [1.82, 2.24) is 4.98 Å². The third kappa shape index (κ3) is 1.33. The molecule has 0 fully saturated rings. The largest absolute Gasteiger partial charge is 0.397 e. The Morgan fingerprint density at radius 1 is 1.07 bits per heavy atom. The van der Waals surface area contributed by atoms with Crippen LogP contribution < -0.4 is 5.73 Å². The van der Waals surface area contributed by atoms with E-state index in [4.69, 9.17) is 5.73 Å². The van der Waals surface area contributed by atoms with Crippen LogP contribution in [0.4, 0.5) is 5.69 Å². The van der Waals surface area contributed by atoms with Gasteiger partial charge in [0.05, 0.1) is 11.2 Å². The van der Waals surface area contributed by atoms with Crippen LogP contribution in [0.5, 0.6) is 0 Å². The number of hydrogen-bond acceptors (Lipinski definition) is 2. The van der Waals surface area contributed by atoms with E-state index in [1.165, 1.54) is 11.1 Å². The number of aromatic nitrogens is 1. The highest BCUT2D eigenvalue weighted by Crippen LogP contribution is 2.24. The Hall–Kier alpha value is -1.57. The molecule has 14 heavy (non-hydrogen) atoms. The Kier molecular flexibility index (Phi) is 1.92. The molecule has 1 aromatic heterocycles. The van der Waals surface area contributed by atoms with Crippen LogP contribution in [0.15, 0.2) is 18.2 Å². The smallest absolute Gasteiger partial charge is 0.0937 e. The van der Waals surface area contributed by atoms with E-state index in [-0.39, 0.29) is 0 Å². The molecule has 2 nitrogen and oxygen atoms in total. The van der Waals surface area contributed by atoms with Crippen LogP contribution >= 0.6 is 0 Å². The highest BCUT2D eigenvalue weighted by atomic mass is 14.7. The van der Waals surface area contributed by atoms with Crippen molar-refractivity contribution in [3.05, 3.63) is 35.0 Å². The van der Waals surface area contributed by atoms with E-state index >= 15 is 0 Å². The number of nitrogens with two attached hydrogens (primary N) is 1. The zero-order valence-corrected chi connectivity index (χ0v) is 8.76. The number of benzene rings is 1. The topological polar surface area (TPSA) is 38.9 Å². The summed E-state index contributed by atoms with van der Waals surface area (Å²) in [7, 11) is 0. The van der Waals surface area contributed by atoms with Crippen molar-refractivity contribution in [2.75, 3.05) is 5.73 Å². The average molecular weight is 186 g/mol. The molecule has 0 radical (unpaired) electrons. The van der Waals surface area contributed by atoms with Gasteiger partial charge in [-0.2, -0.15) is 0 Å². The maximum Gasteiger partial charge on any atom is 0.0937 e. The van der Waals surface area contributed by atoms with Crippen LogP contribution in [0, 0.1) is 20.8 Å². The number of nitrogen functional groups attached to an aromatic ring is 1. The average Bonchev–Trinajstić information content (AvgIpc) is 2.07. The fraction of sp³-hybridized carbons (Fsp3) is 0.250. The number of hydrogen-bond donors (Lipinski definition) is 1. The summed E-state index contributed by atoms with van der Waals surface area (Å²) in [4.78, 5) is 4.45. The van der Waals surface area contributed by atoms with Crippen LogP contribution in [0.2, 0.25) is 0 Å². The number of anilines is 1. The Morgan fingerprint density at radius 3 is 2.50 bits per heavy atom. The number of rotatable bonds is 0. The van der Waals surface area contributed by atoms with Crippen LogP contribution in [0.25, 0.3) is 10.9 Å². The minimum absolute atomic E-state index is 0.770. The summed E-state index contributed by atoms with van der Waals surface area (Å²) >= 11 is 0. The first-order valence-electron chi connectivity index (χ1n) is 4.72. The van der Waals surface area contributed by atoms with E-state index < -0.39 is 0 Å². The zero-order chi connectivity index (χ0) is 10.3. The first-order valence-corrected chi connectivity index (χ1v) is 4.72. The van der Waals surface area contributed by atoms with Gasteiger partial charge in [-0.1, -0.05) is 0 Å². The Balaban J connectivity index is 2.94. The van der Waals surface area contributed by atoms with Crippen molar-refractivity contribution >= 4 is 16.6 Å². The van der Waals surface area contributed by atoms with E-state index in [1.807, 2.05) is 13.0 Å². The Labute approximate surface area is 83.8 Å². The second-order valence-electron chi connectivity index (χ2n) is 3.83. The monoisotopic (exact) mass is 186 g/mol. The first kappa shape index (κ1) is 9.00. The molecule has 2 heteroatoms. The zero-order valence-electron chi connectivity index (χ0n) is 8.76. The molecule has 0 saturated heterocycles. The third-order valence-electron chi connectivity index (χ3n) is 2.42. The van der Waals surface area contributed by atoms with Gasteiger partial charge >= 0.3 is 0 Å². The normalized spacial score (nSPS) is 10.8. The number of pyridine rings is 1. The minimum atomic E-state index is 0.770. The standard InChI is InChI=1S/C12H14N2/c1-7-4-10-8(2)6-9(3)14-12(10)11(13)5-7/h4-6H,13H2,1-3H3. The number of aryl methyl sites for hydroxylation is 3. The van der Waals surface area contributed by atoms with Crippen molar-refractivity contribution in [3.63, 3.8) is 0 Å². The summed E-state index contributed by atoms with van der Waals surface area (Å²) in [5.74, 6) is 0. The van der Waals surface area contributed by atoms with Gasteiger partial charge in [0.2, 0.25) is 0 Å². The summed E-state index contributed by atoms with van der Waals surface area (Å²) in [6, 6.07) is 6.18. The lowest BCUT2D eigenvalue weighted by Crippen LogP contribution is -1.94. The lowest BCUT2D eigenvalue weighted by molar-refractivity contribution is 1.23. The molecule has 0 atom stereocenters. The van der Waals surface area contributed by atoms with Gasteiger partial charge in [0.1, 0.15) is 0 Å². The maximum atomic E-state index is 5.93. The summed E-state index contributed by atoms with van der Waals surface area (Å²) in [5, 5.41) is 1.16. The highest BCUT2D eigenvalue weighted by molar-refractivity contribution is 5.92. The number of nitrogens with zero attached hydrogens (tertiary/aromatic N) is 1. The molecule has 1 aromatic carbocycles. The van der Waals surface area contributed by atoms with Crippen molar-refractivity contribution in [1.29, 1.82) is 0 Å². The predicted octanol–water partition coefficient (Wildman–Crippen LogP) is 2.74. The SMILES string of the molecule is Cc1cc(N)c2nc(C)cc(C)c2c1. The molecule has 1 heterocycles. The minimum Gasteiger partial charge on any atom is -0.397 e. The lowest BCUT2D eigenvalue weighted by atomic mass is 10.1. The van der Waals surface area contributed by atoms with Crippen LogP contribution in [0.3, 0.4) is 0 Å². The van der Waals surface area contributed by atoms with Crippen molar-refractivity contribution < 1.29 is 0 Å². The molecule has 0 aliphatic rings. The fourth-order valence-corrected chi connectivity index (χ4v) is 1.83. The molecule has 2 aromatic rings. The van der Waals surface area contributed by atoms with Crippen LogP contribution in [-0.4, -0.2) is 4.98 Å². The fourth-order valence-electron chi connectivity index (χ4n) is 1.83. The number of fused-ring (bicyclic) bond motifs is 1. The van der Waals surface area contributed by atoms with Gasteiger partial charge < -0.3 is 5.73 Å². The Morgan fingerprint density at radius 2 is 1.79 bits per heavy atom. The molecule has 0 unspecified atom stereocenters. The predicted molar refractivity (Wildman–Crippen MR) is 60.4 cm³/mol. The summed E-state index contributed by atoms with van der Waals surface area (Å²) in [6.07, 6.45) is 0. The quantitative estimate of drug-likeness (QED) is 0.642. The molecule has 0 bridgehead atoms. The first-order chi connectivity index (χ1) is 6.58. The van der Waals surface area contributed by atoms with Crippen molar-refractivity contribution in [2.45, 2.75) is 20.8 Å². The van der Waals surface area contributed by atoms with Gasteiger partial charge in [0, 0.05) is 11.1 Å². The molecule has 0 spiro atoms. The third-order valence-corrected chi connectivity index (χ3v) is 2.42. The van der Waals surface area contributed by atoms with Gasteiger partial charge in [-0.25, -0.2) is 0 Å². The molecule has 0 amide bonds. The van der Waals surface area contributed by atoms with Crippen LogP contribution in [-0.2, 0) is 0 Å².